The normalized spacial score (nSPS) is 19.6. The second-order valence-electron chi connectivity index (χ2n) is 19.8. The minimum atomic E-state index is -2.01. The van der Waals surface area contributed by atoms with E-state index >= 15 is 0 Å². The van der Waals surface area contributed by atoms with E-state index in [9.17, 15) is 0 Å². The minimum absolute atomic E-state index is 0.809. The summed E-state index contributed by atoms with van der Waals surface area (Å²) in [6, 6.07) is 21.2. The highest BCUT2D eigenvalue weighted by Gasteiger charge is 2.51. The molecule has 0 amide bonds. The fourth-order valence-corrected chi connectivity index (χ4v) is 33.2. The van der Waals surface area contributed by atoms with Crippen LogP contribution in [0.4, 0.5) is 0 Å². The first-order valence-corrected chi connectivity index (χ1v) is 34.5. The van der Waals surface area contributed by atoms with Gasteiger partial charge < -0.3 is 0 Å². The number of nitrogens with zero attached hydrogens (tertiary/aromatic N) is 2. The van der Waals surface area contributed by atoms with E-state index in [1.807, 2.05) is 22.7 Å². The molecule has 8 rings (SSSR count). The monoisotopic (exact) mass is 968 g/mol. The van der Waals surface area contributed by atoms with Gasteiger partial charge in [0.25, 0.3) is 0 Å². The Bertz CT molecular complexity index is 2200. The summed E-state index contributed by atoms with van der Waals surface area (Å²) in [5, 5.41) is 12.0. The SMILES string of the molecule is CCCCC(CC)C[Si]1(CC(CC)CCCC)c2ccsc2-c2sc(-c3ccc(-c4cc5c(s4)-c4sccc4[Si]5(CC(CC)CCCC)CC(CC)CCCC)c4nsnc34)cc21. The van der Waals surface area contributed by atoms with Crippen molar-refractivity contribution in [3.05, 3.63) is 47.2 Å². The lowest BCUT2D eigenvalue weighted by atomic mass is 10.0. The Morgan fingerprint density at radius 2 is 0.794 bits per heavy atom. The molecule has 0 saturated heterocycles. The Morgan fingerprint density at radius 3 is 1.11 bits per heavy atom. The van der Waals surface area contributed by atoms with Gasteiger partial charge in [-0.05, 0) is 91.5 Å². The molecule has 7 heterocycles. The van der Waals surface area contributed by atoms with Crippen LogP contribution in [0.2, 0.25) is 24.2 Å². The molecular formula is C54H76N2S5Si2. The maximum atomic E-state index is 5.17. The van der Waals surface area contributed by atoms with Crippen LogP contribution in [-0.4, -0.2) is 24.9 Å². The topological polar surface area (TPSA) is 25.8 Å². The molecule has 0 fully saturated rings. The van der Waals surface area contributed by atoms with Crippen LogP contribution in [0.15, 0.2) is 47.2 Å². The van der Waals surface area contributed by atoms with Gasteiger partial charge in [-0.1, -0.05) is 182 Å². The third kappa shape index (κ3) is 9.19. The van der Waals surface area contributed by atoms with Crippen LogP contribution in [-0.2, 0) is 0 Å². The maximum absolute atomic E-state index is 5.17. The predicted octanol–water partition coefficient (Wildman–Crippen LogP) is 17.2. The van der Waals surface area contributed by atoms with Crippen molar-refractivity contribution in [1.29, 1.82) is 0 Å². The molecule has 4 atom stereocenters. The molecule has 0 N–H and O–H groups in total. The molecule has 2 aliphatic rings. The summed E-state index contributed by atoms with van der Waals surface area (Å²) in [6.07, 6.45) is 21.4. The molecule has 0 spiro atoms. The molecular weight excluding hydrogens is 893 g/mol. The summed E-state index contributed by atoms with van der Waals surface area (Å²) < 4.78 is 10.3. The van der Waals surface area contributed by atoms with Crippen molar-refractivity contribution < 1.29 is 0 Å². The fourth-order valence-electron chi connectivity index (χ4n) is 12.2. The molecule has 2 aliphatic heterocycles. The van der Waals surface area contributed by atoms with Crippen molar-refractivity contribution >= 4 is 105 Å². The van der Waals surface area contributed by atoms with Crippen LogP contribution in [0.3, 0.4) is 0 Å². The van der Waals surface area contributed by atoms with Crippen LogP contribution in [0.25, 0.3) is 51.4 Å². The first-order chi connectivity index (χ1) is 30.8. The summed E-state index contributed by atoms with van der Waals surface area (Å²) in [6.45, 7) is 19.4. The summed E-state index contributed by atoms with van der Waals surface area (Å²) in [5.41, 5.74) is 4.83. The molecule has 9 heteroatoms. The Balaban J connectivity index is 1.21. The second-order valence-corrected chi connectivity index (χ2v) is 32.4. The lowest BCUT2D eigenvalue weighted by molar-refractivity contribution is 0.469. The van der Waals surface area contributed by atoms with Gasteiger partial charge in [0.05, 0.1) is 11.7 Å². The first-order valence-electron chi connectivity index (χ1n) is 25.5. The van der Waals surface area contributed by atoms with Crippen molar-refractivity contribution in [1.82, 2.24) is 8.75 Å². The number of rotatable bonds is 26. The van der Waals surface area contributed by atoms with Crippen LogP contribution in [0.1, 0.15) is 158 Å². The van der Waals surface area contributed by atoms with E-state index in [1.165, 1.54) is 160 Å². The Labute approximate surface area is 404 Å². The zero-order chi connectivity index (χ0) is 44.1. The number of thiophene rings is 4. The summed E-state index contributed by atoms with van der Waals surface area (Å²) in [4.78, 5) is 9.27. The zero-order valence-electron chi connectivity index (χ0n) is 40.0. The minimum Gasteiger partial charge on any atom is -0.172 e. The van der Waals surface area contributed by atoms with Crippen molar-refractivity contribution in [2.75, 3.05) is 0 Å². The fraction of sp³-hybridized carbons (Fsp3) is 0.593. The van der Waals surface area contributed by atoms with Crippen molar-refractivity contribution in [3.8, 4) is 40.4 Å². The Kier molecular flexibility index (Phi) is 16.3. The number of hydrogen-bond donors (Lipinski definition) is 0. The molecule has 6 aromatic rings. The molecule has 2 nitrogen and oxygen atoms in total. The van der Waals surface area contributed by atoms with Gasteiger partial charge in [0.2, 0.25) is 0 Å². The number of hydrogen-bond acceptors (Lipinski definition) is 7. The van der Waals surface area contributed by atoms with Gasteiger partial charge in [0.15, 0.2) is 0 Å². The Hall–Kier alpha value is -1.73. The van der Waals surface area contributed by atoms with Gasteiger partial charge in [-0.2, -0.15) is 8.75 Å². The number of aromatic nitrogens is 2. The molecule has 0 bridgehead atoms. The number of fused-ring (bicyclic) bond motifs is 7. The maximum Gasteiger partial charge on any atom is 0.122 e. The van der Waals surface area contributed by atoms with E-state index in [0.29, 0.717) is 0 Å². The van der Waals surface area contributed by atoms with Crippen LogP contribution in [0.5, 0.6) is 0 Å². The van der Waals surface area contributed by atoms with Gasteiger partial charge in [-0.25, -0.2) is 0 Å². The highest BCUT2D eigenvalue weighted by Crippen LogP contribution is 2.50. The van der Waals surface area contributed by atoms with Crippen molar-refractivity contribution in [2.45, 2.75) is 182 Å². The molecule has 0 aliphatic carbocycles. The van der Waals surface area contributed by atoms with E-state index in [-0.39, 0.29) is 0 Å². The average molecular weight is 970 g/mol. The standard InChI is InChI=1S/C54H76N2S5Si2/c1-9-17-21-37(13-5)33-62(34-38(14-6)22-18-10-2)45-27-29-57-51(45)53-47(62)31-43(59-53)41-25-26-42(50-49(41)55-61-56-50)44-32-48-54(60-44)52-46(28-30-58-52)63(48,35-39(15-7)23-19-11-3)36-40(16-8)24-20-12-4/h25-32,37-40H,9-24,33-36H2,1-8H3. The van der Waals surface area contributed by atoms with Crippen molar-refractivity contribution in [3.63, 3.8) is 0 Å². The molecule has 0 saturated carbocycles. The molecule has 4 unspecified atom stereocenters. The highest BCUT2D eigenvalue weighted by molar-refractivity contribution is 7.31. The van der Waals surface area contributed by atoms with Gasteiger partial charge in [-0.15, -0.1) is 45.3 Å². The summed E-state index contributed by atoms with van der Waals surface area (Å²) in [5.74, 6) is 3.24. The first kappa shape index (κ1) is 47.8. The van der Waals surface area contributed by atoms with Gasteiger partial charge in [0.1, 0.15) is 27.2 Å². The van der Waals surface area contributed by atoms with Crippen LogP contribution < -0.4 is 20.7 Å². The average Bonchev–Trinajstić information content (AvgIpc) is 4.17. The van der Waals surface area contributed by atoms with E-state index in [2.05, 4.69) is 125 Å². The molecule has 1 aromatic carbocycles. The van der Waals surface area contributed by atoms with Crippen molar-refractivity contribution in [2.24, 2.45) is 23.7 Å². The Morgan fingerprint density at radius 1 is 0.444 bits per heavy atom. The van der Waals surface area contributed by atoms with Crippen LogP contribution >= 0.6 is 57.1 Å². The lowest BCUT2D eigenvalue weighted by Crippen LogP contribution is -2.56. The van der Waals surface area contributed by atoms with E-state index in [1.54, 1.807) is 40.3 Å². The van der Waals surface area contributed by atoms with Gasteiger partial charge >= 0.3 is 0 Å². The predicted molar refractivity (Wildman–Crippen MR) is 293 cm³/mol. The van der Waals surface area contributed by atoms with Gasteiger partial charge in [-0.3, -0.25) is 0 Å². The number of benzene rings is 1. The highest BCUT2D eigenvalue weighted by atomic mass is 32.1. The third-order valence-corrected chi connectivity index (χ3v) is 32.5. The van der Waals surface area contributed by atoms with E-state index in [0.717, 1.165) is 34.7 Å². The smallest absolute Gasteiger partial charge is 0.122 e. The van der Waals surface area contributed by atoms with Gasteiger partial charge in [0, 0.05) is 40.4 Å². The van der Waals surface area contributed by atoms with Crippen LogP contribution in [0, 0.1) is 23.7 Å². The zero-order valence-corrected chi connectivity index (χ0v) is 46.1. The third-order valence-electron chi connectivity index (χ3n) is 15.9. The summed E-state index contributed by atoms with van der Waals surface area (Å²) in [7, 11) is -4.01. The summed E-state index contributed by atoms with van der Waals surface area (Å²) >= 11 is 9.63. The second kappa shape index (κ2) is 21.5. The largest absolute Gasteiger partial charge is 0.172 e. The lowest BCUT2D eigenvalue weighted by Gasteiger charge is -2.35. The molecule has 340 valence electrons. The van der Waals surface area contributed by atoms with E-state index in [4.69, 9.17) is 8.75 Å². The van der Waals surface area contributed by atoms with E-state index < -0.39 is 16.1 Å². The molecule has 5 aromatic heterocycles. The number of unbranched alkanes of at least 4 members (excludes halogenated alkanes) is 4. The molecule has 0 radical (unpaired) electrons. The molecule has 63 heavy (non-hydrogen) atoms. The quantitative estimate of drug-likeness (QED) is 0.0506.